The van der Waals surface area contributed by atoms with E-state index in [1.807, 2.05) is 36.4 Å². The van der Waals surface area contributed by atoms with Gasteiger partial charge in [0.15, 0.2) is 5.11 Å². The molecule has 0 aliphatic rings. The van der Waals surface area contributed by atoms with Gasteiger partial charge in [-0.15, -0.1) is 0 Å². The van der Waals surface area contributed by atoms with Gasteiger partial charge in [-0.2, -0.15) is 0 Å². The van der Waals surface area contributed by atoms with Crippen molar-refractivity contribution in [1.29, 1.82) is 0 Å². The molecule has 0 bridgehead atoms. The second kappa shape index (κ2) is 10.2. The number of hydrogen-bond acceptors (Lipinski definition) is 3. The molecule has 164 valence electrons. The van der Waals surface area contributed by atoms with Crippen molar-refractivity contribution in [3.63, 3.8) is 0 Å². The van der Waals surface area contributed by atoms with E-state index in [9.17, 15) is 9.59 Å². The van der Waals surface area contributed by atoms with E-state index in [2.05, 4.69) is 59.3 Å². The fourth-order valence-electron chi connectivity index (χ4n) is 2.94. The third kappa shape index (κ3) is 6.37. The van der Waals surface area contributed by atoms with Crippen LogP contribution in [0.1, 0.15) is 47.1 Å². The first-order valence-corrected chi connectivity index (χ1v) is 11.5. The maximum absolute atomic E-state index is 12.5. The van der Waals surface area contributed by atoms with Gasteiger partial charge >= 0.3 is 0 Å². The van der Waals surface area contributed by atoms with Gasteiger partial charge in [0.05, 0.1) is 5.56 Å². The summed E-state index contributed by atoms with van der Waals surface area (Å²) < 4.78 is 0.846. The van der Waals surface area contributed by atoms with E-state index in [4.69, 9.17) is 12.2 Å². The van der Waals surface area contributed by atoms with Crippen molar-refractivity contribution in [2.75, 3.05) is 10.6 Å². The monoisotopic (exact) mass is 557 g/mol. The van der Waals surface area contributed by atoms with E-state index in [-0.39, 0.29) is 22.3 Å². The van der Waals surface area contributed by atoms with Crippen molar-refractivity contribution >= 4 is 63.1 Å². The van der Waals surface area contributed by atoms with E-state index < -0.39 is 0 Å². The molecule has 0 aliphatic heterocycles. The number of nitrogens with one attached hydrogen (secondary N) is 3. The summed E-state index contributed by atoms with van der Waals surface area (Å²) in [5.74, 6) is -0.444. The Hall–Kier alpha value is -2.78. The molecule has 0 radical (unpaired) electrons. The number of halogens is 1. The molecule has 3 aromatic carbocycles. The van der Waals surface area contributed by atoms with Gasteiger partial charge in [-0.25, -0.2) is 0 Å². The van der Waals surface area contributed by atoms with Crippen LogP contribution in [0.5, 0.6) is 0 Å². The van der Waals surface area contributed by atoms with Crippen LogP contribution in [-0.4, -0.2) is 16.9 Å². The first kappa shape index (κ1) is 23.9. The Kier molecular flexibility index (Phi) is 7.63. The van der Waals surface area contributed by atoms with Gasteiger partial charge in [-0.3, -0.25) is 14.9 Å². The van der Waals surface area contributed by atoms with Crippen LogP contribution in [-0.2, 0) is 5.41 Å². The molecule has 0 aliphatic carbocycles. The van der Waals surface area contributed by atoms with E-state index in [0.717, 1.165) is 3.57 Å². The number of rotatable bonds is 4. The summed E-state index contributed by atoms with van der Waals surface area (Å²) in [4.78, 5) is 24.9. The largest absolute Gasteiger partial charge is 0.332 e. The predicted molar refractivity (Wildman–Crippen MR) is 142 cm³/mol. The lowest BCUT2D eigenvalue weighted by Crippen LogP contribution is -2.34. The molecule has 3 rings (SSSR count). The minimum absolute atomic E-state index is 0.0391. The van der Waals surface area contributed by atoms with Crippen molar-refractivity contribution in [2.45, 2.75) is 26.2 Å². The smallest absolute Gasteiger partial charge is 0.258 e. The van der Waals surface area contributed by atoms with Gasteiger partial charge < -0.3 is 10.6 Å². The first-order chi connectivity index (χ1) is 15.1. The zero-order chi connectivity index (χ0) is 23.3. The van der Waals surface area contributed by atoms with Crippen molar-refractivity contribution in [3.8, 4) is 0 Å². The van der Waals surface area contributed by atoms with E-state index in [1.165, 1.54) is 5.56 Å². The lowest BCUT2D eigenvalue weighted by molar-refractivity contribution is 0.0975. The molecule has 0 spiro atoms. The summed E-state index contributed by atoms with van der Waals surface area (Å²) in [6.45, 7) is 6.41. The Morgan fingerprint density at radius 1 is 0.781 bits per heavy atom. The number of carbonyl (C=O) groups is 2. The van der Waals surface area contributed by atoms with Crippen LogP contribution in [0.4, 0.5) is 11.4 Å². The second-order valence-corrected chi connectivity index (χ2v) is 9.82. The Bertz CT molecular complexity index is 1140. The molecular formula is C25H24IN3O2S. The summed E-state index contributed by atoms with van der Waals surface area (Å²) in [6.07, 6.45) is 0. The molecule has 5 nitrogen and oxygen atoms in total. The van der Waals surface area contributed by atoms with Gasteiger partial charge in [-0.05, 0) is 94.3 Å². The SMILES string of the molecule is CC(C)(C)c1ccc(C(=O)Nc2ccc(NC(=S)NC(=O)c3ccccc3I)cc2)cc1. The van der Waals surface area contributed by atoms with Crippen molar-refractivity contribution < 1.29 is 9.59 Å². The molecule has 0 aromatic heterocycles. The highest BCUT2D eigenvalue weighted by atomic mass is 127. The molecule has 0 fully saturated rings. The van der Waals surface area contributed by atoms with Gasteiger partial charge in [0.1, 0.15) is 0 Å². The van der Waals surface area contributed by atoms with Crippen LogP contribution in [0, 0.1) is 3.57 Å². The first-order valence-electron chi connectivity index (χ1n) is 10.0. The maximum Gasteiger partial charge on any atom is 0.258 e. The molecular weight excluding hydrogens is 533 g/mol. The van der Waals surface area contributed by atoms with Crippen LogP contribution >= 0.6 is 34.8 Å². The maximum atomic E-state index is 12.5. The third-order valence-corrected chi connectivity index (χ3v) is 5.90. The molecule has 0 heterocycles. The van der Waals surface area contributed by atoms with Gasteiger partial charge in [0.2, 0.25) is 0 Å². The summed E-state index contributed by atoms with van der Waals surface area (Å²) in [5.41, 5.74) is 3.73. The number of carbonyl (C=O) groups excluding carboxylic acids is 2. The molecule has 32 heavy (non-hydrogen) atoms. The second-order valence-electron chi connectivity index (χ2n) is 8.25. The molecule has 7 heteroatoms. The zero-order valence-corrected chi connectivity index (χ0v) is 21.0. The normalized spacial score (nSPS) is 10.9. The van der Waals surface area contributed by atoms with E-state index in [0.29, 0.717) is 22.5 Å². The summed E-state index contributed by atoms with van der Waals surface area (Å²) in [7, 11) is 0. The fraction of sp³-hybridized carbons (Fsp3) is 0.160. The Labute approximate surface area is 207 Å². The number of thiocarbonyl (C=S) groups is 1. The quantitative estimate of drug-likeness (QED) is 0.273. The minimum Gasteiger partial charge on any atom is -0.332 e. The van der Waals surface area contributed by atoms with Crippen molar-refractivity contribution in [3.05, 3.63) is 93.1 Å². The van der Waals surface area contributed by atoms with Crippen LogP contribution in [0.15, 0.2) is 72.8 Å². The molecule has 3 aromatic rings. The Balaban J connectivity index is 1.56. The fourth-order valence-corrected chi connectivity index (χ4v) is 3.78. The zero-order valence-electron chi connectivity index (χ0n) is 18.0. The van der Waals surface area contributed by atoms with Crippen LogP contribution in [0.25, 0.3) is 0 Å². The lowest BCUT2D eigenvalue weighted by Gasteiger charge is -2.19. The van der Waals surface area contributed by atoms with Gasteiger partial charge in [0, 0.05) is 20.5 Å². The average Bonchev–Trinajstić information content (AvgIpc) is 2.74. The standard InChI is InChI=1S/C25H24IN3O2S/c1-25(2,3)17-10-8-16(9-11-17)22(30)27-18-12-14-19(15-13-18)28-24(32)29-23(31)20-6-4-5-7-21(20)26/h4-15H,1-3H3,(H,27,30)(H2,28,29,31,32). The number of benzene rings is 3. The van der Waals surface area contributed by atoms with Crippen molar-refractivity contribution in [1.82, 2.24) is 5.32 Å². The molecule has 0 saturated carbocycles. The summed E-state index contributed by atoms with van der Waals surface area (Å²) in [6, 6.07) is 22.0. The van der Waals surface area contributed by atoms with Gasteiger partial charge in [-0.1, -0.05) is 45.0 Å². The van der Waals surface area contributed by atoms with E-state index in [1.54, 1.807) is 36.4 Å². The Morgan fingerprint density at radius 3 is 1.91 bits per heavy atom. The van der Waals surface area contributed by atoms with Crippen molar-refractivity contribution in [2.24, 2.45) is 0 Å². The number of hydrogen-bond donors (Lipinski definition) is 3. The van der Waals surface area contributed by atoms with Gasteiger partial charge in [0.25, 0.3) is 11.8 Å². The molecule has 2 amide bonds. The number of anilines is 2. The predicted octanol–water partition coefficient (Wildman–Crippen LogP) is 5.97. The van der Waals surface area contributed by atoms with Crippen LogP contribution < -0.4 is 16.0 Å². The molecule has 3 N–H and O–H groups in total. The lowest BCUT2D eigenvalue weighted by atomic mass is 9.87. The number of amides is 2. The Morgan fingerprint density at radius 2 is 1.34 bits per heavy atom. The summed E-state index contributed by atoms with van der Waals surface area (Å²) >= 11 is 7.35. The van der Waals surface area contributed by atoms with Crippen LogP contribution in [0.2, 0.25) is 0 Å². The molecule has 0 atom stereocenters. The average molecular weight is 557 g/mol. The molecule has 0 unspecified atom stereocenters. The third-order valence-electron chi connectivity index (χ3n) is 4.76. The highest BCUT2D eigenvalue weighted by Gasteiger charge is 2.14. The summed E-state index contributed by atoms with van der Waals surface area (Å²) in [5, 5.41) is 8.74. The highest BCUT2D eigenvalue weighted by Crippen LogP contribution is 2.22. The topological polar surface area (TPSA) is 70.2 Å². The minimum atomic E-state index is -0.270. The molecule has 0 saturated heterocycles. The van der Waals surface area contributed by atoms with E-state index >= 15 is 0 Å². The van der Waals surface area contributed by atoms with Crippen LogP contribution in [0.3, 0.4) is 0 Å². The highest BCUT2D eigenvalue weighted by molar-refractivity contribution is 14.1.